The molecule has 0 saturated carbocycles. The van der Waals surface area contributed by atoms with Crippen LogP contribution in [0.2, 0.25) is 0 Å². The quantitative estimate of drug-likeness (QED) is 0.167. The van der Waals surface area contributed by atoms with Crippen molar-refractivity contribution < 1.29 is 8.83 Å². The molecule has 61 heavy (non-hydrogen) atoms. The third-order valence-electron chi connectivity index (χ3n) is 13.2. The lowest BCUT2D eigenvalue weighted by atomic mass is 9.33. The van der Waals surface area contributed by atoms with Gasteiger partial charge in [-0.05, 0) is 105 Å². The van der Waals surface area contributed by atoms with E-state index in [2.05, 4.69) is 209 Å². The summed E-state index contributed by atoms with van der Waals surface area (Å²) in [6.45, 7) is 13.9. The van der Waals surface area contributed by atoms with Crippen LogP contribution in [0, 0.1) is 0 Å². The van der Waals surface area contributed by atoms with Crippen molar-refractivity contribution in [3.8, 4) is 11.1 Å². The molecule has 0 bridgehead atoms. The molecular weight excluding hydrogens is 743 g/mol. The van der Waals surface area contributed by atoms with Crippen molar-refractivity contribution in [3.63, 3.8) is 0 Å². The van der Waals surface area contributed by atoms with Gasteiger partial charge in [0.15, 0.2) is 0 Å². The van der Waals surface area contributed by atoms with Crippen molar-refractivity contribution in [2.75, 3.05) is 9.80 Å². The molecule has 4 nitrogen and oxygen atoms in total. The van der Waals surface area contributed by atoms with Crippen molar-refractivity contribution in [3.05, 3.63) is 175 Å². The van der Waals surface area contributed by atoms with Crippen LogP contribution in [0.15, 0.2) is 173 Å². The maximum atomic E-state index is 6.51. The normalized spacial score (nSPS) is 13.6. The highest BCUT2D eigenvalue weighted by molar-refractivity contribution is 7.00. The molecule has 0 unspecified atom stereocenters. The molecule has 12 rings (SSSR count). The van der Waals surface area contributed by atoms with Crippen molar-refractivity contribution >= 4 is 101 Å². The molecule has 2 aliphatic heterocycles. The first-order valence-electron chi connectivity index (χ1n) is 21.5. The molecule has 0 aliphatic carbocycles. The Morgan fingerprint density at radius 2 is 0.967 bits per heavy atom. The van der Waals surface area contributed by atoms with E-state index < -0.39 is 0 Å². The van der Waals surface area contributed by atoms with Crippen molar-refractivity contribution in [2.45, 2.75) is 52.4 Å². The van der Waals surface area contributed by atoms with E-state index in [-0.39, 0.29) is 17.5 Å². The summed E-state index contributed by atoms with van der Waals surface area (Å²) in [6, 6.07) is 60.1. The predicted octanol–water partition coefficient (Wildman–Crippen LogP) is 13.8. The minimum absolute atomic E-state index is 0.0250. The summed E-state index contributed by atoms with van der Waals surface area (Å²) in [5.41, 5.74) is 19.3. The first kappa shape index (κ1) is 35.9. The Hall–Kier alpha value is -6.98. The van der Waals surface area contributed by atoms with Crippen LogP contribution in [0.3, 0.4) is 0 Å². The molecule has 5 heteroatoms. The van der Waals surface area contributed by atoms with Crippen LogP contribution in [-0.4, -0.2) is 6.71 Å². The van der Waals surface area contributed by atoms with Gasteiger partial charge in [-0.25, -0.2) is 0 Å². The lowest BCUT2D eigenvalue weighted by molar-refractivity contribution is 0.590. The van der Waals surface area contributed by atoms with Gasteiger partial charge in [-0.1, -0.05) is 145 Å². The van der Waals surface area contributed by atoms with Crippen molar-refractivity contribution in [2.24, 2.45) is 0 Å². The van der Waals surface area contributed by atoms with E-state index in [0.717, 1.165) is 66.4 Å². The van der Waals surface area contributed by atoms with Gasteiger partial charge in [-0.2, -0.15) is 0 Å². The Bertz CT molecular complexity index is 3410. The maximum absolute atomic E-state index is 6.51. The first-order valence-corrected chi connectivity index (χ1v) is 21.5. The fourth-order valence-corrected chi connectivity index (χ4v) is 10.1. The van der Waals surface area contributed by atoms with Gasteiger partial charge in [0.05, 0.1) is 11.1 Å². The first-order chi connectivity index (χ1) is 29.5. The van der Waals surface area contributed by atoms with Crippen molar-refractivity contribution in [1.29, 1.82) is 0 Å². The molecule has 0 amide bonds. The van der Waals surface area contributed by atoms with Gasteiger partial charge < -0.3 is 18.6 Å². The third-order valence-corrected chi connectivity index (χ3v) is 13.2. The third kappa shape index (κ3) is 5.32. The smallest absolute Gasteiger partial charge is 0.252 e. The van der Waals surface area contributed by atoms with Gasteiger partial charge in [-0.3, -0.25) is 0 Å². The Morgan fingerprint density at radius 3 is 1.66 bits per heavy atom. The van der Waals surface area contributed by atoms with E-state index >= 15 is 0 Å². The highest BCUT2D eigenvalue weighted by Gasteiger charge is 2.44. The second-order valence-electron chi connectivity index (χ2n) is 18.9. The molecule has 2 aromatic heterocycles. The topological polar surface area (TPSA) is 32.8 Å². The second-order valence-corrected chi connectivity index (χ2v) is 18.9. The average molecular weight is 789 g/mol. The van der Waals surface area contributed by atoms with E-state index in [1.807, 2.05) is 6.07 Å². The van der Waals surface area contributed by atoms with Crippen LogP contribution in [0.1, 0.15) is 52.7 Å². The number of para-hydroxylation sites is 3. The fourth-order valence-electron chi connectivity index (χ4n) is 10.1. The van der Waals surface area contributed by atoms with Gasteiger partial charge in [0, 0.05) is 50.2 Å². The number of hydrogen-bond donors (Lipinski definition) is 0. The van der Waals surface area contributed by atoms with Gasteiger partial charge >= 0.3 is 0 Å². The van der Waals surface area contributed by atoms with Gasteiger partial charge in [0.25, 0.3) is 6.71 Å². The molecule has 0 atom stereocenters. The highest BCUT2D eigenvalue weighted by atomic mass is 16.3. The highest BCUT2D eigenvalue weighted by Crippen LogP contribution is 2.48. The molecule has 0 saturated heterocycles. The van der Waals surface area contributed by atoms with Crippen LogP contribution >= 0.6 is 0 Å². The monoisotopic (exact) mass is 788 g/mol. The number of rotatable bonds is 3. The van der Waals surface area contributed by atoms with E-state index in [9.17, 15) is 0 Å². The molecule has 2 aliphatic rings. The SMILES string of the molecule is CC(C)(C)c1ccc2c(c1)N(c1ccc(-c3cccc4c3oc3ccccc34)cc1)c1cccc3c1B2c1ccc(C(C)(C)C)cc1N3c1cccc2oc3ccccc3c12. The van der Waals surface area contributed by atoms with Crippen LogP contribution in [0.25, 0.3) is 55.0 Å². The molecule has 0 fully saturated rings. The van der Waals surface area contributed by atoms with Crippen molar-refractivity contribution in [1.82, 2.24) is 0 Å². The lowest BCUT2D eigenvalue weighted by Crippen LogP contribution is -2.61. The van der Waals surface area contributed by atoms with E-state index in [0.29, 0.717) is 0 Å². The maximum Gasteiger partial charge on any atom is 0.252 e. The van der Waals surface area contributed by atoms with Crippen LogP contribution in [0.5, 0.6) is 0 Å². The minimum Gasteiger partial charge on any atom is -0.456 e. The average Bonchev–Trinajstić information content (AvgIpc) is 3.84. The van der Waals surface area contributed by atoms with Crippen LogP contribution in [-0.2, 0) is 10.8 Å². The summed E-state index contributed by atoms with van der Waals surface area (Å²) in [6.07, 6.45) is 0. The van der Waals surface area contributed by atoms with Crippen LogP contribution < -0.4 is 26.2 Å². The molecule has 0 radical (unpaired) electrons. The molecule has 0 spiro atoms. The van der Waals surface area contributed by atoms with Gasteiger partial charge in [0.1, 0.15) is 22.3 Å². The molecule has 8 aromatic carbocycles. The van der Waals surface area contributed by atoms with Gasteiger partial charge in [0.2, 0.25) is 0 Å². The number of fused-ring (bicyclic) bond motifs is 10. The zero-order valence-corrected chi connectivity index (χ0v) is 35.4. The summed E-state index contributed by atoms with van der Waals surface area (Å²) in [5, 5.41) is 4.52. The van der Waals surface area contributed by atoms with Crippen LogP contribution in [0.4, 0.5) is 34.1 Å². The number of hydrogen-bond acceptors (Lipinski definition) is 4. The summed E-state index contributed by atoms with van der Waals surface area (Å²) < 4.78 is 13.0. The molecule has 10 aromatic rings. The molecule has 4 heterocycles. The van der Waals surface area contributed by atoms with E-state index in [1.54, 1.807) is 0 Å². The number of anilines is 6. The largest absolute Gasteiger partial charge is 0.456 e. The summed E-state index contributed by atoms with van der Waals surface area (Å²) in [4.78, 5) is 5.03. The summed E-state index contributed by atoms with van der Waals surface area (Å²) in [5.74, 6) is 0. The Labute approximate surface area is 356 Å². The standard InChI is InChI=1S/C56H45BN2O2/c1-55(2,3)35-26-30-42-47(32-35)58(37-28-24-34(25-29-37)38-16-11-17-40-39-14-7-9-21-49(39)61-54(38)40)45-19-12-20-46-53(45)57(42)43-31-27-36(56(4,5)6)33-48(43)59(46)44-18-13-23-51-52(44)41-15-8-10-22-50(41)60-51/h7-33H,1-6H3. The zero-order valence-electron chi connectivity index (χ0n) is 35.4. The molecule has 294 valence electrons. The van der Waals surface area contributed by atoms with Gasteiger partial charge in [-0.15, -0.1) is 0 Å². The lowest BCUT2D eigenvalue weighted by Gasteiger charge is -2.45. The molecular formula is C56H45BN2O2. The Morgan fingerprint density at radius 1 is 0.426 bits per heavy atom. The number of benzene rings is 8. The predicted molar refractivity (Wildman–Crippen MR) is 258 cm³/mol. The Kier molecular flexibility index (Phi) is 7.52. The number of furan rings is 2. The number of nitrogens with zero attached hydrogens (tertiary/aromatic N) is 2. The minimum atomic E-state index is -0.0395. The Balaban J connectivity index is 1.10. The van der Waals surface area contributed by atoms with E-state index in [1.165, 1.54) is 50.3 Å². The zero-order chi connectivity index (χ0) is 41.4. The summed E-state index contributed by atoms with van der Waals surface area (Å²) >= 11 is 0. The summed E-state index contributed by atoms with van der Waals surface area (Å²) in [7, 11) is 0. The molecule has 0 N–H and O–H groups in total. The van der Waals surface area contributed by atoms with E-state index in [4.69, 9.17) is 8.83 Å². The fraction of sp³-hybridized carbons (Fsp3) is 0.143. The second kappa shape index (κ2) is 12.8.